The van der Waals surface area contributed by atoms with Crippen molar-refractivity contribution >= 4 is 17.3 Å². The van der Waals surface area contributed by atoms with Crippen LogP contribution in [-0.4, -0.2) is 75.7 Å². The van der Waals surface area contributed by atoms with Gasteiger partial charge in [0, 0.05) is 63.2 Å². The molecule has 0 aliphatic carbocycles. The first-order valence-corrected chi connectivity index (χ1v) is 10.2. The van der Waals surface area contributed by atoms with Gasteiger partial charge in [-0.25, -0.2) is 0 Å². The lowest BCUT2D eigenvalue weighted by Crippen LogP contribution is -2.48. The predicted molar refractivity (Wildman–Crippen MR) is 110 cm³/mol. The van der Waals surface area contributed by atoms with Crippen molar-refractivity contribution in [2.45, 2.75) is 26.2 Å². The van der Waals surface area contributed by atoms with Gasteiger partial charge in [0.05, 0.1) is 0 Å². The van der Waals surface area contributed by atoms with E-state index >= 15 is 0 Å². The van der Waals surface area contributed by atoms with Gasteiger partial charge in [0.2, 0.25) is 0 Å². The van der Waals surface area contributed by atoms with Crippen LogP contribution in [0.15, 0.2) is 22.5 Å². The quantitative estimate of drug-likeness (QED) is 0.573. The van der Waals surface area contributed by atoms with Crippen molar-refractivity contribution in [3.8, 4) is 0 Å². The molecule has 1 saturated heterocycles. The number of hydrogen-bond donors (Lipinski definition) is 2. The minimum atomic E-state index is 0.108. The number of aliphatic imine (C=N–C) groups is 1. The zero-order chi connectivity index (χ0) is 18.3. The number of thiophene rings is 1. The van der Waals surface area contributed by atoms with Crippen LogP contribution in [0.2, 0.25) is 0 Å². The highest BCUT2D eigenvalue weighted by Crippen LogP contribution is 2.26. The number of rotatable bonds is 7. The van der Waals surface area contributed by atoms with E-state index in [4.69, 9.17) is 0 Å². The van der Waals surface area contributed by atoms with Gasteiger partial charge < -0.3 is 20.4 Å². The molecule has 1 fully saturated rings. The molecule has 0 saturated carbocycles. The molecular formula is C19H35N5S. The second-order valence-electron chi connectivity index (χ2n) is 7.88. The summed E-state index contributed by atoms with van der Waals surface area (Å²) in [6, 6.07) is 4.33. The van der Waals surface area contributed by atoms with Crippen LogP contribution in [0.1, 0.15) is 25.6 Å². The standard InChI is InChI=1S/C19H35N5S/c1-16(14-24-10-8-23(5)9-11-24)13-21-18(20-4)22-15-19(2,3)17-7-6-12-25-17/h6-7,12,16H,8-11,13-15H2,1-5H3,(H2,20,21,22). The van der Waals surface area contributed by atoms with E-state index in [0.29, 0.717) is 5.92 Å². The molecular weight excluding hydrogens is 330 g/mol. The highest BCUT2D eigenvalue weighted by atomic mass is 32.1. The van der Waals surface area contributed by atoms with E-state index in [0.717, 1.165) is 25.6 Å². The summed E-state index contributed by atoms with van der Waals surface area (Å²) in [6.45, 7) is 14.6. The number of piperazine rings is 1. The first-order chi connectivity index (χ1) is 11.9. The molecule has 1 aromatic rings. The number of nitrogens with one attached hydrogen (secondary N) is 2. The van der Waals surface area contributed by atoms with Crippen LogP contribution in [0.5, 0.6) is 0 Å². The Labute approximate surface area is 157 Å². The van der Waals surface area contributed by atoms with Crippen LogP contribution in [0, 0.1) is 5.92 Å². The molecule has 0 bridgehead atoms. The van der Waals surface area contributed by atoms with E-state index in [-0.39, 0.29) is 5.41 Å². The maximum absolute atomic E-state index is 4.38. The average Bonchev–Trinajstić information content (AvgIpc) is 3.12. The Balaban J connectivity index is 1.71. The van der Waals surface area contributed by atoms with Gasteiger partial charge in [0.25, 0.3) is 0 Å². The molecule has 6 heteroatoms. The lowest BCUT2D eigenvalue weighted by Gasteiger charge is -2.34. The van der Waals surface area contributed by atoms with Crippen molar-refractivity contribution in [1.29, 1.82) is 0 Å². The summed E-state index contributed by atoms with van der Waals surface area (Å²) in [5.41, 5.74) is 0.108. The third-order valence-corrected chi connectivity index (χ3v) is 6.13. The first-order valence-electron chi connectivity index (χ1n) is 9.30. The summed E-state index contributed by atoms with van der Waals surface area (Å²) in [6.07, 6.45) is 0. The summed E-state index contributed by atoms with van der Waals surface area (Å²) in [5.74, 6) is 1.50. The molecule has 1 aliphatic heterocycles. The fourth-order valence-electron chi connectivity index (χ4n) is 3.08. The lowest BCUT2D eigenvalue weighted by molar-refractivity contribution is 0.139. The molecule has 142 valence electrons. The lowest BCUT2D eigenvalue weighted by atomic mass is 9.91. The van der Waals surface area contributed by atoms with Crippen LogP contribution in [0.3, 0.4) is 0 Å². The van der Waals surface area contributed by atoms with Gasteiger partial charge in [-0.15, -0.1) is 11.3 Å². The van der Waals surface area contributed by atoms with E-state index in [1.54, 1.807) is 0 Å². The molecule has 0 radical (unpaired) electrons. The average molecular weight is 366 g/mol. The number of guanidine groups is 1. The van der Waals surface area contributed by atoms with E-state index in [1.165, 1.54) is 31.1 Å². The third kappa shape index (κ3) is 6.60. The number of likely N-dealkylation sites (N-methyl/N-ethyl adjacent to an activating group) is 1. The summed E-state index contributed by atoms with van der Waals surface area (Å²) in [4.78, 5) is 10.8. The van der Waals surface area contributed by atoms with E-state index in [9.17, 15) is 0 Å². The normalized spacial score (nSPS) is 19.0. The maximum atomic E-state index is 4.38. The molecule has 1 atom stereocenters. The van der Waals surface area contributed by atoms with Gasteiger partial charge in [-0.3, -0.25) is 4.99 Å². The van der Waals surface area contributed by atoms with Crippen molar-refractivity contribution < 1.29 is 0 Å². The van der Waals surface area contributed by atoms with Gasteiger partial charge in [-0.2, -0.15) is 0 Å². The summed E-state index contributed by atoms with van der Waals surface area (Å²) in [7, 11) is 4.05. The van der Waals surface area contributed by atoms with Crippen molar-refractivity contribution in [2.24, 2.45) is 10.9 Å². The van der Waals surface area contributed by atoms with Crippen molar-refractivity contribution in [3.05, 3.63) is 22.4 Å². The van der Waals surface area contributed by atoms with E-state index in [2.05, 4.69) is 70.8 Å². The Morgan fingerprint density at radius 3 is 2.60 bits per heavy atom. The zero-order valence-corrected chi connectivity index (χ0v) is 17.3. The fraction of sp³-hybridized carbons (Fsp3) is 0.737. The van der Waals surface area contributed by atoms with E-state index in [1.807, 2.05) is 18.4 Å². The van der Waals surface area contributed by atoms with Gasteiger partial charge in [-0.05, 0) is 24.4 Å². The Kier molecular flexibility index (Phi) is 7.72. The second kappa shape index (κ2) is 9.55. The Bertz CT molecular complexity index is 518. The first kappa shape index (κ1) is 20.2. The SMILES string of the molecule is CN=C(NCC(C)CN1CCN(C)CC1)NCC(C)(C)c1cccs1. The summed E-state index contributed by atoms with van der Waals surface area (Å²) < 4.78 is 0. The van der Waals surface area contributed by atoms with Crippen LogP contribution < -0.4 is 10.6 Å². The smallest absolute Gasteiger partial charge is 0.191 e. The molecule has 5 nitrogen and oxygen atoms in total. The predicted octanol–water partition coefficient (Wildman–Crippen LogP) is 2.07. The Morgan fingerprint density at radius 1 is 1.28 bits per heavy atom. The van der Waals surface area contributed by atoms with Crippen molar-refractivity contribution in [2.75, 3.05) is 59.9 Å². The van der Waals surface area contributed by atoms with E-state index < -0.39 is 0 Å². The third-order valence-electron chi connectivity index (χ3n) is 4.89. The molecule has 0 spiro atoms. The van der Waals surface area contributed by atoms with Gasteiger partial charge in [0.15, 0.2) is 5.96 Å². The molecule has 2 heterocycles. The van der Waals surface area contributed by atoms with Crippen molar-refractivity contribution in [1.82, 2.24) is 20.4 Å². The maximum Gasteiger partial charge on any atom is 0.191 e. The van der Waals surface area contributed by atoms with Crippen LogP contribution in [0.25, 0.3) is 0 Å². The largest absolute Gasteiger partial charge is 0.356 e. The molecule has 2 N–H and O–H groups in total. The molecule has 1 aromatic heterocycles. The Morgan fingerprint density at radius 2 is 2.00 bits per heavy atom. The molecule has 0 amide bonds. The molecule has 1 aliphatic rings. The highest BCUT2D eigenvalue weighted by Gasteiger charge is 2.22. The Hall–Kier alpha value is -1.11. The molecule has 25 heavy (non-hydrogen) atoms. The minimum absolute atomic E-state index is 0.108. The molecule has 1 unspecified atom stereocenters. The van der Waals surface area contributed by atoms with Crippen molar-refractivity contribution in [3.63, 3.8) is 0 Å². The molecule has 2 rings (SSSR count). The van der Waals surface area contributed by atoms with Crippen LogP contribution >= 0.6 is 11.3 Å². The summed E-state index contributed by atoms with van der Waals surface area (Å²) >= 11 is 1.82. The van der Waals surface area contributed by atoms with Gasteiger partial charge in [0.1, 0.15) is 0 Å². The van der Waals surface area contributed by atoms with Gasteiger partial charge >= 0.3 is 0 Å². The fourth-order valence-corrected chi connectivity index (χ4v) is 3.93. The second-order valence-corrected chi connectivity index (χ2v) is 8.82. The van der Waals surface area contributed by atoms with Crippen LogP contribution in [0.4, 0.5) is 0 Å². The highest BCUT2D eigenvalue weighted by molar-refractivity contribution is 7.10. The topological polar surface area (TPSA) is 42.9 Å². The number of nitrogens with zero attached hydrogens (tertiary/aromatic N) is 3. The van der Waals surface area contributed by atoms with Crippen LogP contribution in [-0.2, 0) is 5.41 Å². The number of hydrogen-bond acceptors (Lipinski definition) is 4. The zero-order valence-electron chi connectivity index (χ0n) is 16.5. The monoisotopic (exact) mass is 365 g/mol. The van der Waals surface area contributed by atoms with Gasteiger partial charge in [-0.1, -0.05) is 26.8 Å². The summed E-state index contributed by atoms with van der Waals surface area (Å²) in [5, 5.41) is 9.12. The molecule has 0 aromatic carbocycles. The minimum Gasteiger partial charge on any atom is -0.356 e.